The van der Waals surface area contributed by atoms with E-state index in [4.69, 9.17) is 4.74 Å². The number of hydrogen-bond acceptors (Lipinski definition) is 4. The van der Waals surface area contributed by atoms with E-state index in [9.17, 15) is 13.2 Å². The first-order valence-electron chi connectivity index (χ1n) is 11.2. The summed E-state index contributed by atoms with van der Waals surface area (Å²) in [6.45, 7) is 0.203. The number of carbonyl (C=O) groups is 1. The summed E-state index contributed by atoms with van der Waals surface area (Å²) in [5.74, 6) is 0.239. The smallest absolute Gasteiger partial charge is 0.243 e. The first kappa shape index (κ1) is 24.2. The third-order valence-corrected chi connectivity index (χ3v) is 7.10. The van der Waals surface area contributed by atoms with E-state index >= 15 is 0 Å². The molecule has 0 heterocycles. The van der Waals surface area contributed by atoms with Crippen LogP contribution in [-0.4, -0.2) is 25.2 Å². The summed E-state index contributed by atoms with van der Waals surface area (Å²) in [7, 11) is -3.87. The summed E-state index contributed by atoms with van der Waals surface area (Å²) in [6.07, 6.45) is 0. The fraction of sp³-hybridized carbons (Fsp3) is 0.107. The average Bonchev–Trinajstić information content (AvgIpc) is 2.89. The van der Waals surface area contributed by atoms with E-state index in [0.29, 0.717) is 18.0 Å². The second-order valence-corrected chi connectivity index (χ2v) is 9.86. The van der Waals surface area contributed by atoms with Crippen molar-refractivity contribution >= 4 is 21.6 Å². The van der Waals surface area contributed by atoms with Crippen LogP contribution in [0.3, 0.4) is 0 Å². The lowest BCUT2D eigenvalue weighted by Gasteiger charge is -2.22. The minimum atomic E-state index is -3.87. The van der Waals surface area contributed by atoms with E-state index in [-0.39, 0.29) is 18.0 Å². The quantitative estimate of drug-likeness (QED) is 0.339. The summed E-state index contributed by atoms with van der Waals surface area (Å²) < 4.78 is 33.5. The zero-order valence-corrected chi connectivity index (χ0v) is 19.9. The summed E-state index contributed by atoms with van der Waals surface area (Å²) in [5.41, 5.74) is 2.40. The van der Waals surface area contributed by atoms with Crippen molar-refractivity contribution < 1.29 is 17.9 Å². The van der Waals surface area contributed by atoms with Gasteiger partial charge in [0.25, 0.3) is 0 Å². The van der Waals surface area contributed by atoms with Gasteiger partial charge < -0.3 is 10.1 Å². The van der Waals surface area contributed by atoms with Crippen LogP contribution in [0.5, 0.6) is 5.75 Å². The third-order valence-electron chi connectivity index (χ3n) is 5.29. The Morgan fingerprint density at radius 1 is 0.714 bits per heavy atom. The van der Waals surface area contributed by atoms with Crippen LogP contribution in [0.4, 0.5) is 5.69 Å². The molecule has 0 spiro atoms. The highest BCUT2D eigenvalue weighted by molar-refractivity contribution is 7.89. The van der Waals surface area contributed by atoms with E-state index in [1.54, 1.807) is 42.5 Å². The molecule has 0 fully saturated rings. The summed E-state index contributed by atoms with van der Waals surface area (Å²) >= 11 is 0. The molecule has 4 aromatic rings. The lowest BCUT2D eigenvalue weighted by molar-refractivity contribution is -0.116. The van der Waals surface area contributed by atoms with Crippen molar-refractivity contribution in [2.45, 2.75) is 18.0 Å². The van der Waals surface area contributed by atoms with Gasteiger partial charge in [-0.3, -0.25) is 4.79 Å². The number of sulfonamides is 1. The Morgan fingerprint density at radius 3 is 1.86 bits per heavy atom. The van der Waals surface area contributed by atoms with Gasteiger partial charge in [0.15, 0.2) is 0 Å². The highest BCUT2D eigenvalue weighted by atomic mass is 32.2. The van der Waals surface area contributed by atoms with Gasteiger partial charge in [-0.25, -0.2) is 8.42 Å². The Hall–Kier alpha value is -3.94. The highest BCUT2D eigenvalue weighted by Crippen LogP contribution is 2.20. The Morgan fingerprint density at radius 2 is 1.26 bits per heavy atom. The van der Waals surface area contributed by atoms with Gasteiger partial charge in [-0.2, -0.15) is 4.31 Å². The molecular formula is C28H26N2O4S. The SMILES string of the molecule is O=C(CN(Cc1ccccc1)S(=O)(=O)c1ccccc1)Nc1ccc(OCc2ccccc2)cc1. The normalized spacial score (nSPS) is 11.2. The molecule has 4 aromatic carbocycles. The maximum Gasteiger partial charge on any atom is 0.243 e. The number of benzene rings is 4. The van der Waals surface area contributed by atoms with Crippen molar-refractivity contribution in [3.05, 3.63) is 126 Å². The zero-order valence-electron chi connectivity index (χ0n) is 19.1. The minimum absolute atomic E-state index is 0.0811. The molecule has 0 saturated heterocycles. The zero-order chi connectivity index (χ0) is 24.5. The first-order valence-corrected chi connectivity index (χ1v) is 12.6. The third kappa shape index (κ3) is 6.79. The molecule has 0 aromatic heterocycles. The van der Waals surface area contributed by atoms with E-state index in [1.165, 1.54) is 16.4 Å². The number of anilines is 1. The molecule has 7 heteroatoms. The minimum Gasteiger partial charge on any atom is -0.489 e. The molecule has 35 heavy (non-hydrogen) atoms. The molecular weight excluding hydrogens is 460 g/mol. The van der Waals surface area contributed by atoms with Crippen molar-refractivity contribution in [1.29, 1.82) is 0 Å². The summed E-state index contributed by atoms with van der Waals surface area (Å²) in [5, 5.41) is 2.78. The maximum absolute atomic E-state index is 13.3. The number of rotatable bonds is 10. The van der Waals surface area contributed by atoms with Gasteiger partial charge >= 0.3 is 0 Å². The Kier molecular flexibility index (Phi) is 7.92. The van der Waals surface area contributed by atoms with Gasteiger partial charge in [-0.15, -0.1) is 0 Å². The van der Waals surface area contributed by atoms with Gasteiger partial charge in [-0.05, 0) is 47.5 Å². The molecule has 0 aliphatic heterocycles. The van der Waals surface area contributed by atoms with Gasteiger partial charge in [0, 0.05) is 12.2 Å². The van der Waals surface area contributed by atoms with Crippen molar-refractivity contribution in [3.63, 3.8) is 0 Å². The molecule has 1 amide bonds. The van der Waals surface area contributed by atoms with E-state index in [2.05, 4.69) is 5.32 Å². The number of nitrogens with one attached hydrogen (secondary N) is 1. The molecule has 0 aliphatic carbocycles. The van der Waals surface area contributed by atoms with Crippen LogP contribution >= 0.6 is 0 Å². The van der Waals surface area contributed by atoms with E-state index in [1.807, 2.05) is 60.7 Å². The van der Waals surface area contributed by atoms with Crippen molar-refractivity contribution in [2.24, 2.45) is 0 Å². The standard InChI is InChI=1S/C28H26N2O4S/c31-28(29-25-16-18-26(19-17-25)34-22-24-12-6-2-7-13-24)21-30(20-23-10-4-1-5-11-23)35(32,33)27-14-8-3-9-15-27/h1-19H,20-22H2,(H,29,31). The van der Waals surface area contributed by atoms with Crippen LogP contribution < -0.4 is 10.1 Å². The van der Waals surface area contributed by atoms with Crippen LogP contribution in [0, 0.1) is 0 Å². The molecule has 1 N–H and O–H groups in total. The van der Waals surface area contributed by atoms with Crippen molar-refractivity contribution in [2.75, 3.05) is 11.9 Å². The molecule has 0 unspecified atom stereocenters. The van der Waals surface area contributed by atoms with Gasteiger partial charge in [0.2, 0.25) is 15.9 Å². The van der Waals surface area contributed by atoms with Crippen LogP contribution in [-0.2, 0) is 28.0 Å². The number of nitrogens with zero attached hydrogens (tertiary/aromatic N) is 1. The second-order valence-electron chi connectivity index (χ2n) is 7.92. The summed E-state index contributed by atoms with van der Waals surface area (Å²) in [4.78, 5) is 13.0. The Labute approximate surface area is 205 Å². The number of amides is 1. The van der Waals surface area contributed by atoms with Crippen LogP contribution in [0.25, 0.3) is 0 Å². The fourth-order valence-electron chi connectivity index (χ4n) is 3.49. The lowest BCUT2D eigenvalue weighted by atomic mass is 10.2. The van der Waals surface area contributed by atoms with Gasteiger partial charge in [-0.1, -0.05) is 78.9 Å². The Balaban J connectivity index is 1.43. The van der Waals surface area contributed by atoms with Crippen molar-refractivity contribution in [3.8, 4) is 5.75 Å². The Bertz CT molecular complexity index is 1330. The molecule has 0 atom stereocenters. The monoisotopic (exact) mass is 486 g/mol. The number of carbonyl (C=O) groups excluding carboxylic acids is 1. The molecule has 6 nitrogen and oxygen atoms in total. The van der Waals surface area contributed by atoms with E-state index < -0.39 is 15.9 Å². The molecule has 0 radical (unpaired) electrons. The molecule has 178 valence electrons. The lowest BCUT2D eigenvalue weighted by Crippen LogP contribution is -2.37. The highest BCUT2D eigenvalue weighted by Gasteiger charge is 2.26. The predicted molar refractivity (Wildman–Crippen MR) is 136 cm³/mol. The second kappa shape index (κ2) is 11.5. The maximum atomic E-state index is 13.3. The van der Waals surface area contributed by atoms with Gasteiger partial charge in [0.05, 0.1) is 11.4 Å². The topological polar surface area (TPSA) is 75.7 Å². The van der Waals surface area contributed by atoms with Crippen molar-refractivity contribution in [1.82, 2.24) is 4.31 Å². The number of hydrogen-bond donors (Lipinski definition) is 1. The molecule has 0 bridgehead atoms. The van der Waals surface area contributed by atoms with Gasteiger partial charge in [0.1, 0.15) is 12.4 Å². The first-order chi connectivity index (χ1) is 17.0. The average molecular weight is 487 g/mol. The van der Waals surface area contributed by atoms with Crippen LogP contribution in [0.15, 0.2) is 120 Å². The van der Waals surface area contributed by atoms with Crippen LogP contribution in [0.2, 0.25) is 0 Å². The molecule has 0 saturated carbocycles. The predicted octanol–water partition coefficient (Wildman–Crippen LogP) is 5.10. The van der Waals surface area contributed by atoms with Crippen LogP contribution in [0.1, 0.15) is 11.1 Å². The fourth-order valence-corrected chi connectivity index (χ4v) is 4.90. The summed E-state index contributed by atoms with van der Waals surface area (Å²) in [6, 6.07) is 34.1. The molecule has 4 rings (SSSR count). The molecule has 0 aliphatic rings. The number of ether oxygens (including phenoxy) is 1. The largest absolute Gasteiger partial charge is 0.489 e. The van der Waals surface area contributed by atoms with E-state index in [0.717, 1.165) is 11.1 Å².